The van der Waals surface area contributed by atoms with E-state index < -0.39 is 12.2 Å². The van der Waals surface area contributed by atoms with Crippen LogP contribution in [0.4, 0.5) is 11.4 Å². The van der Waals surface area contributed by atoms with Crippen molar-refractivity contribution in [3.8, 4) is 11.5 Å². The Kier molecular flexibility index (Phi) is 5.51. The Bertz CT molecular complexity index is 1520. The molecule has 5 N–H and O–H groups in total. The molecule has 1 atom stereocenters. The van der Waals surface area contributed by atoms with E-state index >= 15 is 0 Å². The van der Waals surface area contributed by atoms with Crippen molar-refractivity contribution in [3.05, 3.63) is 58.9 Å². The van der Waals surface area contributed by atoms with Gasteiger partial charge in [-0.25, -0.2) is 4.79 Å². The van der Waals surface area contributed by atoms with Crippen molar-refractivity contribution in [2.45, 2.75) is 57.6 Å². The molecule has 0 amide bonds. The highest BCUT2D eigenvalue weighted by Crippen LogP contribution is 2.40. The lowest BCUT2D eigenvalue weighted by molar-refractivity contribution is -0.143. The van der Waals surface area contributed by atoms with E-state index in [1.165, 1.54) is 0 Å². The number of rotatable bonds is 5. The van der Waals surface area contributed by atoms with E-state index in [2.05, 4.69) is 5.32 Å². The number of phenols is 1. The van der Waals surface area contributed by atoms with Crippen LogP contribution in [0.1, 0.15) is 48.2 Å². The van der Waals surface area contributed by atoms with Crippen LogP contribution >= 0.6 is 0 Å². The number of nitrogens with zero attached hydrogens (tertiary/aromatic N) is 2. The number of carboxylic acids is 1. The lowest BCUT2D eigenvalue weighted by Gasteiger charge is -2.26. The fourth-order valence-corrected chi connectivity index (χ4v) is 5.60. The highest BCUT2D eigenvalue weighted by atomic mass is 16.5. The van der Waals surface area contributed by atoms with E-state index in [4.69, 9.17) is 20.4 Å². The van der Waals surface area contributed by atoms with Crippen molar-refractivity contribution in [2.75, 3.05) is 11.1 Å². The molecule has 0 radical (unpaired) electrons. The Morgan fingerprint density at radius 3 is 2.22 bits per heavy atom. The smallest absolute Gasteiger partial charge is 0.366 e. The molecule has 0 fully saturated rings. The van der Waals surface area contributed by atoms with Gasteiger partial charge in [-0.1, -0.05) is 12.1 Å². The van der Waals surface area contributed by atoms with Gasteiger partial charge in [0.15, 0.2) is 0 Å². The van der Waals surface area contributed by atoms with E-state index in [0.29, 0.717) is 38.9 Å². The predicted octanol–water partition coefficient (Wildman–Crippen LogP) is 4.73. The Hall–Kier alpha value is -4.07. The third kappa shape index (κ3) is 3.73. The molecule has 2 heterocycles. The lowest BCUT2D eigenvalue weighted by atomic mass is 9.92. The number of ether oxygens (including phenoxy) is 1. The van der Waals surface area contributed by atoms with Gasteiger partial charge in [-0.05, 0) is 86.8 Å². The minimum Gasteiger partial charge on any atom is -0.507 e. The SMILES string of the molecule is Nc1c2c(nc3cccc(OC(Nc4c5c(nc6cccc(O)c46)CCCC5)C(=O)O)c13)CCCC2. The molecule has 0 aliphatic heterocycles. The summed E-state index contributed by atoms with van der Waals surface area (Å²) < 4.78 is 6.11. The molecule has 0 spiro atoms. The number of benzene rings is 2. The molecule has 0 saturated heterocycles. The highest BCUT2D eigenvalue weighted by Gasteiger charge is 2.27. The summed E-state index contributed by atoms with van der Waals surface area (Å²) in [5.74, 6) is -0.770. The largest absolute Gasteiger partial charge is 0.507 e. The number of aliphatic carboxylic acids is 1. The number of pyridine rings is 2. The minimum absolute atomic E-state index is 0.0465. The van der Waals surface area contributed by atoms with Gasteiger partial charge in [0, 0.05) is 17.1 Å². The summed E-state index contributed by atoms with van der Waals surface area (Å²) in [4.78, 5) is 22.0. The maximum absolute atomic E-state index is 12.4. The van der Waals surface area contributed by atoms with Crippen LogP contribution in [0.25, 0.3) is 21.8 Å². The maximum Gasteiger partial charge on any atom is 0.366 e. The molecule has 0 bridgehead atoms. The van der Waals surface area contributed by atoms with E-state index in [9.17, 15) is 15.0 Å². The van der Waals surface area contributed by atoms with Gasteiger partial charge in [0.1, 0.15) is 11.5 Å². The number of carboxylic acid groups (broad SMARTS) is 1. The summed E-state index contributed by atoms with van der Waals surface area (Å²) in [5, 5.41) is 25.1. The Morgan fingerprint density at radius 1 is 0.889 bits per heavy atom. The number of nitrogens with two attached hydrogens (primary N) is 1. The first-order chi connectivity index (χ1) is 17.5. The third-order valence-electron chi connectivity index (χ3n) is 7.30. The quantitative estimate of drug-likeness (QED) is 0.299. The number of phenolic OH excluding ortho intramolecular Hbond substituents is 1. The van der Waals surface area contributed by atoms with Crippen LogP contribution in [0.5, 0.6) is 11.5 Å². The number of anilines is 2. The highest BCUT2D eigenvalue weighted by molar-refractivity contribution is 6.00. The van der Waals surface area contributed by atoms with E-state index in [0.717, 1.165) is 73.9 Å². The van der Waals surface area contributed by atoms with Crippen LogP contribution in [0.15, 0.2) is 36.4 Å². The Morgan fingerprint density at radius 2 is 1.50 bits per heavy atom. The molecule has 8 heteroatoms. The summed E-state index contributed by atoms with van der Waals surface area (Å²) in [7, 11) is 0. The number of carbonyl (C=O) groups is 1. The Labute approximate surface area is 208 Å². The van der Waals surface area contributed by atoms with Gasteiger partial charge in [-0.2, -0.15) is 0 Å². The van der Waals surface area contributed by atoms with Crippen molar-refractivity contribution < 1.29 is 19.7 Å². The fraction of sp³-hybridized carbons (Fsp3) is 0.321. The zero-order chi connectivity index (χ0) is 24.8. The average molecular weight is 485 g/mol. The van der Waals surface area contributed by atoms with Gasteiger partial charge in [-0.3, -0.25) is 9.97 Å². The van der Waals surface area contributed by atoms with Crippen LogP contribution in [-0.4, -0.2) is 32.4 Å². The Balaban J connectivity index is 1.45. The number of aromatic hydroxyl groups is 1. The lowest BCUT2D eigenvalue weighted by Crippen LogP contribution is -2.36. The molecule has 2 aliphatic carbocycles. The van der Waals surface area contributed by atoms with Crippen LogP contribution in [-0.2, 0) is 30.5 Å². The first-order valence-corrected chi connectivity index (χ1v) is 12.5. The number of hydrogen-bond donors (Lipinski definition) is 4. The fourth-order valence-electron chi connectivity index (χ4n) is 5.60. The van der Waals surface area contributed by atoms with E-state index in [-0.39, 0.29) is 5.75 Å². The molecule has 2 aliphatic rings. The molecule has 0 saturated carbocycles. The molecule has 2 aromatic carbocycles. The molecule has 4 aromatic rings. The zero-order valence-electron chi connectivity index (χ0n) is 19.9. The molecule has 36 heavy (non-hydrogen) atoms. The first-order valence-electron chi connectivity index (χ1n) is 12.5. The molecule has 2 aromatic heterocycles. The van der Waals surface area contributed by atoms with Crippen molar-refractivity contribution in [1.29, 1.82) is 0 Å². The standard InChI is InChI=1S/C28H28N4O4/c29-25-15-7-1-3-9-17(15)30-20-12-6-14-22(24(20)25)36-27(28(34)35)32-26-16-8-2-4-10-18(16)31-19-11-5-13-21(33)23(19)26/h5-6,11-14,27,33H,1-4,7-10H2,(H2,29,30)(H,31,32)(H,34,35). The van der Waals surface area contributed by atoms with Crippen LogP contribution in [0, 0.1) is 0 Å². The average Bonchev–Trinajstić information content (AvgIpc) is 2.88. The van der Waals surface area contributed by atoms with Gasteiger partial charge in [0.25, 0.3) is 6.23 Å². The second-order valence-corrected chi connectivity index (χ2v) is 9.58. The second kappa shape index (κ2) is 8.86. The topological polar surface area (TPSA) is 131 Å². The normalized spacial score (nSPS) is 15.8. The molecule has 1 unspecified atom stereocenters. The number of aryl methyl sites for hydroxylation is 2. The second-order valence-electron chi connectivity index (χ2n) is 9.58. The zero-order valence-corrected chi connectivity index (χ0v) is 19.9. The van der Waals surface area contributed by atoms with E-state index in [1.807, 2.05) is 12.1 Å². The van der Waals surface area contributed by atoms with Crippen LogP contribution in [0.3, 0.4) is 0 Å². The molecule has 8 nitrogen and oxygen atoms in total. The van der Waals surface area contributed by atoms with Gasteiger partial charge in [0.05, 0.1) is 27.5 Å². The van der Waals surface area contributed by atoms with Crippen molar-refractivity contribution in [2.24, 2.45) is 0 Å². The van der Waals surface area contributed by atoms with E-state index in [1.54, 1.807) is 24.3 Å². The molecular formula is C28H28N4O4. The number of aromatic nitrogens is 2. The molecule has 6 rings (SSSR count). The van der Waals surface area contributed by atoms with Gasteiger partial charge in [-0.15, -0.1) is 0 Å². The number of fused-ring (bicyclic) bond motifs is 4. The predicted molar refractivity (Wildman–Crippen MR) is 139 cm³/mol. The van der Waals surface area contributed by atoms with Crippen molar-refractivity contribution in [3.63, 3.8) is 0 Å². The summed E-state index contributed by atoms with van der Waals surface area (Å²) >= 11 is 0. The molecular weight excluding hydrogens is 456 g/mol. The van der Waals surface area contributed by atoms with Gasteiger partial charge < -0.3 is 26.0 Å². The first kappa shape index (κ1) is 22.4. The molecule has 184 valence electrons. The third-order valence-corrected chi connectivity index (χ3v) is 7.30. The van der Waals surface area contributed by atoms with Crippen molar-refractivity contribution in [1.82, 2.24) is 9.97 Å². The van der Waals surface area contributed by atoms with Gasteiger partial charge >= 0.3 is 5.97 Å². The number of nitrogen functional groups attached to an aromatic ring is 1. The van der Waals surface area contributed by atoms with Crippen molar-refractivity contribution >= 4 is 39.1 Å². The van der Waals surface area contributed by atoms with Gasteiger partial charge in [0.2, 0.25) is 0 Å². The maximum atomic E-state index is 12.4. The monoisotopic (exact) mass is 484 g/mol. The minimum atomic E-state index is -1.41. The summed E-state index contributed by atoms with van der Waals surface area (Å²) in [6.45, 7) is 0. The summed E-state index contributed by atoms with van der Waals surface area (Å²) in [6.07, 6.45) is 6.02. The summed E-state index contributed by atoms with van der Waals surface area (Å²) in [6, 6.07) is 10.6. The van der Waals surface area contributed by atoms with Crippen LogP contribution in [0.2, 0.25) is 0 Å². The summed E-state index contributed by atoms with van der Waals surface area (Å²) in [5.41, 5.74) is 13.0. The van der Waals surface area contributed by atoms with Crippen LogP contribution < -0.4 is 15.8 Å². The number of nitrogens with one attached hydrogen (secondary N) is 1. The number of hydrogen-bond acceptors (Lipinski definition) is 7.